The van der Waals surface area contributed by atoms with Crippen molar-refractivity contribution in [1.82, 2.24) is 14.9 Å². The van der Waals surface area contributed by atoms with Gasteiger partial charge in [-0.15, -0.1) is 0 Å². The van der Waals surface area contributed by atoms with E-state index < -0.39 is 0 Å². The van der Waals surface area contributed by atoms with Gasteiger partial charge in [0.15, 0.2) is 11.5 Å². The van der Waals surface area contributed by atoms with E-state index >= 15 is 0 Å². The Morgan fingerprint density at radius 2 is 1.79 bits per heavy atom. The van der Waals surface area contributed by atoms with Crippen molar-refractivity contribution < 1.29 is 9.47 Å². The number of nitrogens with zero attached hydrogens (tertiary/aromatic N) is 3. The van der Waals surface area contributed by atoms with Crippen molar-refractivity contribution >= 4 is 21.7 Å². The van der Waals surface area contributed by atoms with Gasteiger partial charge in [-0.05, 0) is 102 Å². The molecule has 4 aliphatic carbocycles. The fourth-order valence-corrected chi connectivity index (χ4v) is 8.45. The normalized spacial score (nSPS) is 29.7. The number of hydrogen-bond donors (Lipinski definition) is 1. The van der Waals surface area contributed by atoms with Crippen molar-refractivity contribution in [3.8, 4) is 11.5 Å². The summed E-state index contributed by atoms with van der Waals surface area (Å²) in [5.74, 6) is 5.52. The molecule has 6 nitrogen and oxygen atoms in total. The maximum atomic E-state index is 5.53. The van der Waals surface area contributed by atoms with E-state index in [0.717, 1.165) is 77.8 Å². The average molecular weight is 528 g/mol. The van der Waals surface area contributed by atoms with E-state index in [1.165, 1.54) is 49.7 Å². The van der Waals surface area contributed by atoms with Crippen molar-refractivity contribution in [3.63, 3.8) is 0 Å². The predicted molar refractivity (Wildman–Crippen MR) is 136 cm³/mol. The fourth-order valence-electron chi connectivity index (χ4n) is 7.79. The van der Waals surface area contributed by atoms with E-state index in [2.05, 4.69) is 43.3 Å². The summed E-state index contributed by atoms with van der Waals surface area (Å²) < 4.78 is 11.9. The van der Waals surface area contributed by atoms with Crippen LogP contribution in [-0.4, -0.2) is 42.2 Å². The van der Waals surface area contributed by atoms with Crippen molar-refractivity contribution in [2.45, 2.75) is 58.0 Å². The number of methoxy groups -OCH3 is 2. The Morgan fingerprint density at radius 1 is 1.06 bits per heavy atom. The lowest BCUT2D eigenvalue weighted by Gasteiger charge is -2.57. The second-order valence-corrected chi connectivity index (χ2v) is 12.0. The molecule has 7 heteroatoms. The van der Waals surface area contributed by atoms with Crippen LogP contribution >= 0.6 is 15.9 Å². The molecule has 4 bridgehead atoms. The standard InChI is InChI=1S/C27H35BrN4O2/c1-33-24-9-20(8-22(28)25(24)34-2)13-32-4-3-21-23(14-32)30-16-31-26(21)29-15-27-10-17-5-18(11-27)7-19(6-17)12-27/h8-9,16-19H,3-7,10-15H2,1-2H3,(H,29,30,31). The molecule has 1 N–H and O–H groups in total. The molecule has 0 amide bonds. The summed E-state index contributed by atoms with van der Waals surface area (Å²) >= 11 is 3.62. The summed E-state index contributed by atoms with van der Waals surface area (Å²) in [6, 6.07) is 4.19. The van der Waals surface area contributed by atoms with Crippen molar-refractivity contribution in [2.24, 2.45) is 23.2 Å². The first kappa shape index (κ1) is 22.6. The van der Waals surface area contributed by atoms with Crippen LogP contribution in [-0.2, 0) is 19.5 Å². The van der Waals surface area contributed by atoms with Crippen LogP contribution in [0.15, 0.2) is 22.9 Å². The molecule has 1 aromatic carbocycles. The van der Waals surface area contributed by atoms with Gasteiger partial charge in [-0.1, -0.05) is 0 Å². The van der Waals surface area contributed by atoms with Crippen LogP contribution < -0.4 is 14.8 Å². The van der Waals surface area contributed by atoms with Crippen LogP contribution in [0.2, 0.25) is 0 Å². The van der Waals surface area contributed by atoms with Gasteiger partial charge in [0.1, 0.15) is 12.1 Å². The van der Waals surface area contributed by atoms with Gasteiger partial charge >= 0.3 is 0 Å². The Balaban J connectivity index is 1.14. The molecule has 4 saturated carbocycles. The number of anilines is 1. The zero-order valence-electron chi connectivity index (χ0n) is 20.3. The molecule has 182 valence electrons. The van der Waals surface area contributed by atoms with E-state index in [4.69, 9.17) is 14.5 Å². The smallest absolute Gasteiger partial charge is 0.174 e. The van der Waals surface area contributed by atoms with E-state index in [1.807, 2.05) is 0 Å². The second kappa shape index (κ2) is 8.98. The highest BCUT2D eigenvalue weighted by Crippen LogP contribution is 2.60. The van der Waals surface area contributed by atoms with Gasteiger partial charge in [-0.3, -0.25) is 4.90 Å². The minimum atomic E-state index is 0.508. The first-order valence-corrected chi connectivity index (χ1v) is 13.5. The highest BCUT2D eigenvalue weighted by molar-refractivity contribution is 9.10. The molecule has 0 spiro atoms. The molecular formula is C27H35BrN4O2. The summed E-state index contributed by atoms with van der Waals surface area (Å²) in [4.78, 5) is 11.8. The number of rotatable bonds is 7. The number of nitrogens with one attached hydrogen (secondary N) is 1. The maximum Gasteiger partial charge on any atom is 0.174 e. The van der Waals surface area contributed by atoms with Crippen LogP contribution in [0.5, 0.6) is 11.5 Å². The fraction of sp³-hybridized carbons (Fsp3) is 0.630. The molecule has 0 radical (unpaired) electrons. The Morgan fingerprint density at radius 3 is 2.47 bits per heavy atom. The van der Waals surface area contributed by atoms with E-state index in [0.29, 0.717) is 5.41 Å². The van der Waals surface area contributed by atoms with Gasteiger partial charge in [0.2, 0.25) is 0 Å². The van der Waals surface area contributed by atoms with Crippen LogP contribution in [0, 0.1) is 23.2 Å². The number of aromatic nitrogens is 2. The zero-order valence-corrected chi connectivity index (χ0v) is 21.9. The van der Waals surface area contributed by atoms with Crippen molar-refractivity contribution in [1.29, 1.82) is 0 Å². The molecule has 1 aromatic heterocycles. The van der Waals surface area contributed by atoms with Gasteiger partial charge < -0.3 is 14.8 Å². The first-order chi connectivity index (χ1) is 16.5. The minimum absolute atomic E-state index is 0.508. The van der Waals surface area contributed by atoms with E-state index in [9.17, 15) is 0 Å². The van der Waals surface area contributed by atoms with Gasteiger partial charge in [-0.2, -0.15) is 0 Å². The molecule has 0 atom stereocenters. The monoisotopic (exact) mass is 526 g/mol. The topological polar surface area (TPSA) is 59.5 Å². The predicted octanol–water partition coefficient (Wildman–Crippen LogP) is 5.44. The molecule has 1 aliphatic heterocycles. The Hall–Kier alpha value is -1.86. The Bertz CT molecular complexity index is 1040. The van der Waals surface area contributed by atoms with Crippen molar-refractivity contribution in [2.75, 3.05) is 32.6 Å². The van der Waals surface area contributed by atoms with E-state index in [1.54, 1.807) is 20.5 Å². The molecule has 2 aromatic rings. The largest absolute Gasteiger partial charge is 0.493 e. The SMILES string of the molecule is COc1cc(CN2CCc3c(ncnc3NCC34CC5CC(CC(C5)C3)C4)C2)cc(Br)c1OC. The van der Waals surface area contributed by atoms with Crippen LogP contribution in [0.25, 0.3) is 0 Å². The molecule has 0 saturated heterocycles. The minimum Gasteiger partial charge on any atom is -0.493 e. The number of hydrogen-bond acceptors (Lipinski definition) is 6. The molecule has 5 aliphatic rings. The molecule has 34 heavy (non-hydrogen) atoms. The summed E-state index contributed by atoms with van der Waals surface area (Å²) in [5.41, 5.74) is 4.18. The van der Waals surface area contributed by atoms with Crippen LogP contribution in [0.1, 0.15) is 55.3 Å². The third-order valence-electron chi connectivity index (χ3n) is 8.78. The molecule has 0 unspecified atom stereocenters. The number of halogens is 1. The Kier molecular flexibility index (Phi) is 5.96. The Labute approximate surface area is 211 Å². The van der Waals surface area contributed by atoms with Crippen molar-refractivity contribution in [3.05, 3.63) is 39.8 Å². The lowest BCUT2D eigenvalue weighted by atomic mass is 9.49. The van der Waals surface area contributed by atoms with Gasteiger partial charge in [0.05, 0.1) is 24.4 Å². The lowest BCUT2D eigenvalue weighted by molar-refractivity contribution is -0.0444. The van der Waals surface area contributed by atoms with E-state index in [-0.39, 0.29) is 0 Å². The number of ether oxygens (including phenoxy) is 2. The third-order valence-corrected chi connectivity index (χ3v) is 9.37. The average Bonchev–Trinajstić information content (AvgIpc) is 2.81. The highest BCUT2D eigenvalue weighted by Gasteiger charge is 2.50. The molecule has 7 rings (SSSR count). The third kappa shape index (κ3) is 4.19. The number of fused-ring (bicyclic) bond motifs is 1. The highest BCUT2D eigenvalue weighted by atomic mass is 79.9. The zero-order chi connectivity index (χ0) is 23.3. The summed E-state index contributed by atoms with van der Waals surface area (Å²) in [6.07, 6.45) is 11.5. The second-order valence-electron chi connectivity index (χ2n) is 11.2. The van der Waals surface area contributed by atoms with Crippen LogP contribution in [0.3, 0.4) is 0 Å². The first-order valence-electron chi connectivity index (χ1n) is 12.7. The van der Waals surface area contributed by atoms with Gasteiger partial charge in [-0.25, -0.2) is 9.97 Å². The quantitative estimate of drug-likeness (QED) is 0.518. The van der Waals surface area contributed by atoms with Crippen LogP contribution in [0.4, 0.5) is 5.82 Å². The summed E-state index contributed by atoms with van der Waals surface area (Å²) in [5, 5.41) is 3.82. The summed E-state index contributed by atoms with van der Waals surface area (Å²) in [7, 11) is 3.35. The number of benzene rings is 1. The lowest BCUT2D eigenvalue weighted by Crippen LogP contribution is -2.49. The summed E-state index contributed by atoms with van der Waals surface area (Å²) in [6.45, 7) is 3.77. The molecule has 2 heterocycles. The maximum absolute atomic E-state index is 5.53. The molecule has 4 fully saturated rings. The molecular weight excluding hydrogens is 492 g/mol. The van der Waals surface area contributed by atoms with Gasteiger partial charge in [0, 0.05) is 31.7 Å². The van der Waals surface area contributed by atoms with Gasteiger partial charge in [0.25, 0.3) is 0 Å².